The number of benzene rings is 1. The Morgan fingerprint density at radius 3 is 2.79 bits per heavy atom. The van der Waals surface area contributed by atoms with Crippen LogP contribution in [-0.2, 0) is 4.79 Å². The lowest BCUT2D eigenvalue weighted by Crippen LogP contribution is -2.32. The molecule has 2 aromatic rings. The summed E-state index contributed by atoms with van der Waals surface area (Å²) < 4.78 is 12.9. The first-order chi connectivity index (χ1) is 11.7. The van der Waals surface area contributed by atoms with Gasteiger partial charge in [0.05, 0.1) is 5.69 Å². The van der Waals surface area contributed by atoms with E-state index in [1.807, 2.05) is 5.38 Å². The first kappa shape index (κ1) is 16.8. The first-order valence-corrected chi connectivity index (χ1v) is 8.98. The molecule has 4 nitrogen and oxygen atoms in total. The van der Waals surface area contributed by atoms with Gasteiger partial charge in [0, 0.05) is 30.1 Å². The molecule has 24 heavy (non-hydrogen) atoms. The Morgan fingerprint density at radius 2 is 2.04 bits per heavy atom. The van der Waals surface area contributed by atoms with E-state index in [4.69, 9.17) is 0 Å². The SMILES string of the molecule is O=C(C=Cc1csc(-c2ccc(F)cc2)n1)NCCN1CCCC1. The van der Waals surface area contributed by atoms with Gasteiger partial charge >= 0.3 is 0 Å². The molecule has 1 aliphatic rings. The van der Waals surface area contributed by atoms with E-state index >= 15 is 0 Å². The van der Waals surface area contributed by atoms with Crippen molar-refractivity contribution in [1.29, 1.82) is 0 Å². The van der Waals surface area contributed by atoms with Crippen molar-refractivity contribution in [3.05, 3.63) is 47.2 Å². The third-order valence-corrected chi connectivity index (χ3v) is 4.85. The van der Waals surface area contributed by atoms with Crippen LogP contribution in [-0.4, -0.2) is 42.0 Å². The Kier molecular flexibility index (Phi) is 5.72. The predicted octanol–water partition coefficient (Wildman–Crippen LogP) is 3.17. The van der Waals surface area contributed by atoms with E-state index in [0.717, 1.165) is 35.9 Å². The molecule has 1 amide bonds. The van der Waals surface area contributed by atoms with Crippen molar-refractivity contribution in [2.75, 3.05) is 26.2 Å². The van der Waals surface area contributed by atoms with Crippen molar-refractivity contribution in [2.45, 2.75) is 12.8 Å². The highest BCUT2D eigenvalue weighted by Crippen LogP contribution is 2.24. The smallest absolute Gasteiger partial charge is 0.244 e. The normalized spacial score (nSPS) is 15.2. The molecule has 1 saturated heterocycles. The molecule has 1 aliphatic heterocycles. The van der Waals surface area contributed by atoms with E-state index < -0.39 is 0 Å². The molecule has 1 aromatic carbocycles. The molecular formula is C18H20FN3OS. The van der Waals surface area contributed by atoms with Crippen LogP contribution >= 0.6 is 11.3 Å². The number of aromatic nitrogens is 1. The maximum atomic E-state index is 12.9. The summed E-state index contributed by atoms with van der Waals surface area (Å²) in [7, 11) is 0. The summed E-state index contributed by atoms with van der Waals surface area (Å²) in [6.45, 7) is 3.85. The number of hydrogen-bond acceptors (Lipinski definition) is 4. The highest BCUT2D eigenvalue weighted by atomic mass is 32.1. The van der Waals surface area contributed by atoms with E-state index in [-0.39, 0.29) is 11.7 Å². The zero-order chi connectivity index (χ0) is 16.8. The monoisotopic (exact) mass is 345 g/mol. The van der Waals surface area contributed by atoms with Gasteiger partial charge in [-0.2, -0.15) is 0 Å². The van der Waals surface area contributed by atoms with Gasteiger partial charge < -0.3 is 10.2 Å². The third kappa shape index (κ3) is 4.72. The van der Waals surface area contributed by atoms with Gasteiger partial charge in [0.25, 0.3) is 0 Å². The molecule has 0 saturated carbocycles. The molecule has 6 heteroatoms. The Bertz CT molecular complexity index is 705. The fraction of sp³-hybridized carbons (Fsp3) is 0.333. The molecule has 0 unspecified atom stereocenters. The molecular weight excluding hydrogens is 325 g/mol. The van der Waals surface area contributed by atoms with Crippen LogP contribution in [0.3, 0.4) is 0 Å². The number of nitrogens with zero attached hydrogens (tertiary/aromatic N) is 2. The van der Waals surface area contributed by atoms with Crippen LogP contribution in [0.2, 0.25) is 0 Å². The van der Waals surface area contributed by atoms with E-state index in [0.29, 0.717) is 6.54 Å². The first-order valence-electron chi connectivity index (χ1n) is 8.10. The van der Waals surface area contributed by atoms with Crippen LogP contribution < -0.4 is 5.32 Å². The Labute approximate surface area is 145 Å². The van der Waals surface area contributed by atoms with Crippen molar-refractivity contribution >= 4 is 23.3 Å². The number of carbonyl (C=O) groups excluding carboxylic acids is 1. The molecule has 1 aromatic heterocycles. The third-order valence-electron chi connectivity index (χ3n) is 3.94. The maximum absolute atomic E-state index is 12.9. The Hall–Kier alpha value is -2.05. The van der Waals surface area contributed by atoms with E-state index in [2.05, 4.69) is 15.2 Å². The maximum Gasteiger partial charge on any atom is 0.244 e. The van der Waals surface area contributed by atoms with Crippen LogP contribution in [0.15, 0.2) is 35.7 Å². The van der Waals surface area contributed by atoms with Gasteiger partial charge in [-0.25, -0.2) is 9.37 Å². The lowest BCUT2D eigenvalue weighted by Gasteiger charge is -2.13. The molecule has 0 radical (unpaired) electrons. The van der Waals surface area contributed by atoms with Crippen molar-refractivity contribution < 1.29 is 9.18 Å². The van der Waals surface area contributed by atoms with Crippen LogP contribution in [0, 0.1) is 5.82 Å². The minimum atomic E-state index is -0.263. The Morgan fingerprint density at radius 1 is 1.29 bits per heavy atom. The van der Waals surface area contributed by atoms with Crippen LogP contribution in [0.5, 0.6) is 0 Å². The van der Waals surface area contributed by atoms with Gasteiger partial charge in [-0.15, -0.1) is 11.3 Å². The van der Waals surface area contributed by atoms with Gasteiger partial charge in [-0.1, -0.05) is 0 Å². The number of hydrogen-bond donors (Lipinski definition) is 1. The fourth-order valence-electron chi connectivity index (χ4n) is 2.65. The summed E-state index contributed by atoms with van der Waals surface area (Å²) in [4.78, 5) is 18.6. The average molecular weight is 345 g/mol. The van der Waals surface area contributed by atoms with Crippen molar-refractivity contribution in [3.8, 4) is 10.6 Å². The Balaban J connectivity index is 1.49. The molecule has 126 valence electrons. The predicted molar refractivity (Wildman–Crippen MR) is 95.2 cm³/mol. The quantitative estimate of drug-likeness (QED) is 0.818. The largest absolute Gasteiger partial charge is 0.351 e. The average Bonchev–Trinajstić information content (AvgIpc) is 3.25. The summed E-state index contributed by atoms with van der Waals surface area (Å²) in [5.41, 5.74) is 1.60. The molecule has 0 bridgehead atoms. The molecule has 1 fully saturated rings. The zero-order valence-electron chi connectivity index (χ0n) is 13.4. The second-order valence-electron chi connectivity index (χ2n) is 5.76. The van der Waals surface area contributed by atoms with E-state index in [1.54, 1.807) is 18.2 Å². The number of carbonyl (C=O) groups is 1. The highest BCUT2D eigenvalue weighted by molar-refractivity contribution is 7.13. The molecule has 0 spiro atoms. The second-order valence-corrected chi connectivity index (χ2v) is 6.62. The standard InChI is InChI=1S/C18H20FN3OS/c19-15-5-3-14(4-6-15)18-21-16(13-24-18)7-8-17(23)20-9-12-22-10-1-2-11-22/h3-8,13H,1-2,9-12H2,(H,20,23). The van der Waals surface area contributed by atoms with Gasteiger partial charge in [0.2, 0.25) is 5.91 Å². The summed E-state index contributed by atoms with van der Waals surface area (Å²) >= 11 is 1.47. The number of amides is 1. The lowest BCUT2D eigenvalue weighted by molar-refractivity contribution is -0.116. The van der Waals surface area contributed by atoms with Crippen molar-refractivity contribution in [2.24, 2.45) is 0 Å². The minimum absolute atomic E-state index is 0.106. The topological polar surface area (TPSA) is 45.2 Å². The van der Waals surface area contributed by atoms with E-state index in [9.17, 15) is 9.18 Å². The van der Waals surface area contributed by atoms with Gasteiger partial charge in [-0.3, -0.25) is 4.79 Å². The van der Waals surface area contributed by atoms with Gasteiger partial charge in [0.15, 0.2) is 0 Å². The second kappa shape index (κ2) is 8.17. The van der Waals surface area contributed by atoms with Crippen LogP contribution in [0.25, 0.3) is 16.6 Å². The van der Waals surface area contributed by atoms with E-state index in [1.165, 1.54) is 42.4 Å². The fourth-order valence-corrected chi connectivity index (χ4v) is 3.45. The summed E-state index contributed by atoms with van der Waals surface area (Å²) in [6.07, 6.45) is 5.73. The van der Waals surface area contributed by atoms with Crippen LogP contribution in [0.4, 0.5) is 4.39 Å². The molecule has 3 rings (SSSR count). The van der Waals surface area contributed by atoms with Gasteiger partial charge in [-0.05, 0) is 56.3 Å². The lowest BCUT2D eigenvalue weighted by atomic mass is 10.2. The number of likely N-dealkylation sites (tertiary alicyclic amines) is 1. The van der Waals surface area contributed by atoms with Gasteiger partial charge in [0.1, 0.15) is 10.8 Å². The highest BCUT2D eigenvalue weighted by Gasteiger charge is 2.10. The molecule has 0 aliphatic carbocycles. The number of halogens is 1. The van der Waals surface area contributed by atoms with Crippen molar-refractivity contribution in [3.63, 3.8) is 0 Å². The minimum Gasteiger partial charge on any atom is -0.351 e. The molecule has 1 N–H and O–H groups in total. The van der Waals surface area contributed by atoms with Crippen LogP contribution in [0.1, 0.15) is 18.5 Å². The van der Waals surface area contributed by atoms with Crippen molar-refractivity contribution in [1.82, 2.24) is 15.2 Å². The summed E-state index contributed by atoms with van der Waals surface area (Å²) in [5, 5.41) is 5.58. The summed E-state index contributed by atoms with van der Waals surface area (Å²) in [5.74, 6) is -0.369. The number of nitrogens with one attached hydrogen (secondary N) is 1. The molecule has 2 heterocycles. The number of thiazole rings is 1. The zero-order valence-corrected chi connectivity index (χ0v) is 14.2. The summed E-state index contributed by atoms with van der Waals surface area (Å²) in [6, 6.07) is 6.24. The molecule has 0 atom stereocenters. The number of rotatable bonds is 6.